The Hall–Kier alpha value is -2.75. The Morgan fingerprint density at radius 3 is 2.77 bits per heavy atom. The van der Waals surface area contributed by atoms with Gasteiger partial charge in [0.1, 0.15) is 4.83 Å². The Kier molecular flexibility index (Phi) is 7.17. The zero-order valence-electron chi connectivity index (χ0n) is 19.1. The standard InChI is InChI=1S/C26H23BrN4O2S2/c1-16-10-12-18(13-11-16)31-25(33)23-19-7-3-5-9-21(19)35-24(23)29-26(31)34-15-22(32)30-28-14-17-6-2-4-8-20(17)27/h2,4,6,8,10-14H,3,5,7,9,15H2,1H3,(H,30,32)/b28-14-. The Morgan fingerprint density at radius 2 is 1.97 bits per heavy atom. The van der Waals surface area contributed by atoms with Gasteiger partial charge in [0, 0.05) is 14.9 Å². The lowest BCUT2D eigenvalue weighted by Gasteiger charge is -2.13. The van der Waals surface area contributed by atoms with Crippen LogP contribution in [-0.2, 0) is 17.6 Å². The molecule has 2 aromatic carbocycles. The number of hydrogen-bond donors (Lipinski definition) is 1. The van der Waals surface area contributed by atoms with E-state index in [0.29, 0.717) is 5.16 Å². The fourth-order valence-electron chi connectivity index (χ4n) is 4.12. The van der Waals surface area contributed by atoms with Crippen molar-refractivity contribution in [1.29, 1.82) is 0 Å². The second kappa shape index (κ2) is 10.5. The minimum absolute atomic E-state index is 0.0619. The molecule has 1 aliphatic carbocycles. The third-order valence-electron chi connectivity index (χ3n) is 5.88. The highest BCUT2D eigenvalue weighted by Gasteiger charge is 2.23. The molecule has 0 aliphatic heterocycles. The van der Waals surface area contributed by atoms with Gasteiger partial charge in [-0.25, -0.2) is 10.4 Å². The Bertz CT molecular complexity index is 1490. The van der Waals surface area contributed by atoms with Crippen molar-refractivity contribution in [3.05, 3.63) is 84.9 Å². The molecular weight excluding hydrogens is 544 g/mol. The van der Waals surface area contributed by atoms with E-state index in [1.165, 1.54) is 16.6 Å². The number of nitrogens with zero attached hydrogens (tertiary/aromatic N) is 3. The molecule has 2 aromatic heterocycles. The third kappa shape index (κ3) is 5.12. The molecule has 1 amide bonds. The molecule has 9 heteroatoms. The van der Waals surface area contributed by atoms with Crippen LogP contribution in [0, 0.1) is 6.92 Å². The smallest absolute Gasteiger partial charge is 0.267 e. The number of thioether (sulfide) groups is 1. The number of fused-ring (bicyclic) bond motifs is 3. The summed E-state index contributed by atoms with van der Waals surface area (Å²) in [5, 5.41) is 5.30. The van der Waals surface area contributed by atoms with E-state index in [1.807, 2.05) is 55.5 Å². The summed E-state index contributed by atoms with van der Waals surface area (Å²) in [4.78, 5) is 33.2. The topological polar surface area (TPSA) is 76.3 Å². The van der Waals surface area contributed by atoms with Crippen LogP contribution in [0.5, 0.6) is 0 Å². The van der Waals surface area contributed by atoms with Gasteiger partial charge in [-0.15, -0.1) is 11.3 Å². The number of carbonyl (C=O) groups is 1. The second-order valence-electron chi connectivity index (χ2n) is 8.36. The molecule has 0 unspecified atom stereocenters. The van der Waals surface area contributed by atoms with E-state index in [-0.39, 0.29) is 17.2 Å². The minimum atomic E-state index is -0.270. The molecule has 4 aromatic rings. The molecule has 0 spiro atoms. The number of halogens is 1. The predicted octanol–water partition coefficient (Wildman–Crippen LogP) is 5.64. The van der Waals surface area contributed by atoms with Crippen molar-refractivity contribution in [3.8, 4) is 5.69 Å². The summed E-state index contributed by atoms with van der Waals surface area (Å²) >= 11 is 6.32. The summed E-state index contributed by atoms with van der Waals surface area (Å²) in [6.45, 7) is 2.01. The van der Waals surface area contributed by atoms with Crippen molar-refractivity contribution in [2.45, 2.75) is 37.8 Å². The molecule has 1 N–H and O–H groups in total. The molecule has 5 rings (SSSR count). The van der Waals surface area contributed by atoms with Gasteiger partial charge in [-0.3, -0.25) is 14.2 Å². The summed E-state index contributed by atoms with van der Waals surface area (Å²) in [6, 6.07) is 15.4. The van der Waals surface area contributed by atoms with Crippen molar-refractivity contribution in [2.75, 3.05) is 5.75 Å². The zero-order valence-corrected chi connectivity index (χ0v) is 22.3. The van der Waals surface area contributed by atoms with Gasteiger partial charge in [0.15, 0.2) is 5.16 Å². The first kappa shape index (κ1) is 24.0. The summed E-state index contributed by atoms with van der Waals surface area (Å²) < 4.78 is 2.54. The summed E-state index contributed by atoms with van der Waals surface area (Å²) in [5.41, 5.74) is 6.38. The van der Waals surface area contributed by atoms with Crippen LogP contribution in [0.15, 0.2) is 68.1 Å². The number of aromatic nitrogens is 2. The van der Waals surface area contributed by atoms with Crippen LogP contribution in [-0.4, -0.2) is 27.4 Å². The second-order valence-corrected chi connectivity index (χ2v) is 11.2. The quantitative estimate of drug-likeness (QED) is 0.142. The van der Waals surface area contributed by atoms with E-state index in [9.17, 15) is 9.59 Å². The van der Waals surface area contributed by atoms with Crippen LogP contribution >= 0.6 is 39.0 Å². The van der Waals surface area contributed by atoms with Gasteiger partial charge in [-0.2, -0.15) is 5.10 Å². The van der Waals surface area contributed by atoms with E-state index >= 15 is 0 Å². The number of benzene rings is 2. The summed E-state index contributed by atoms with van der Waals surface area (Å²) in [5.74, 6) is -0.184. The molecule has 0 saturated carbocycles. The first-order valence-corrected chi connectivity index (χ1v) is 13.9. The van der Waals surface area contributed by atoms with Crippen molar-refractivity contribution < 1.29 is 4.79 Å². The lowest BCUT2D eigenvalue weighted by molar-refractivity contribution is -0.118. The highest BCUT2D eigenvalue weighted by atomic mass is 79.9. The summed E-state index contributed by atoms with van der Waals surface area (Å²) in [6.07, 6.45) is 5.76. The number of carbonyl (C=O) groups excluding carboxylic acids is 1. The average molecular weight is 568 g/mol. The van der Waals surface area contributed by atoms with Crippen molar-refractivity contribution >= 4 is 61.4 Å². The molecule has 1 aliphatic rings. The molecule has 35 heavy (non-hydrogen) atoms. The zero-order chi connectivity index (χ0) is 24.4. The molecule has 0 saturated heterocycles. The molecule has 6 nitrogen and oxygen atoms in total. The molecular formula is C26H23BrN4O2S2. The van der Waals surface area contributed by atoms with Gasteiger partial charge in [-0.05, 0) is 56.4 Å². The fraction of sp³-hybridized carbons (Fsp3) is 0.231. The number of rotatable bonds is 6. The Morgan fingerprint density at radius 1 is 1.20 bits per heavy atom. The van der Waals surface area contributed by atoms with E-state index in [2.05, 4.69) is 26.5 Å². The molecule has 0 bridgehead atoms. The minimum Gasteiger partial charge on any atom is -0.272 e. The Labute approximate surface area is 219 Å². The highest BCUT2D eigenvalue weighted by Crippen LogP contribution is 2.35. The van der Waals surface area contributed by atoms with Crippen molar-refractivity contribution in [1.82, 2.24) is 15.0 Å². The number of aryl methyl sites for hydroxylation is 3. The maximum absolute atomic E-state index is 13.8. The molecule has 0 fully saturated rings. The number of hydrazone groups is 1. The van der Waals surface area contributed by atoms with Gasteiger partial charge in [-0.1, -0.05) is 63.6 Å². The average Bonchev–Trinajstić information content (AvgIpc) is 3.23. The summed E-state index contributed by atoms with van der Waals surface area (Å²) in [7, 11) is 0. The van der Waals surface area contributed by atoms with Gasteiger partial charge >= 0.3 is 0 Å². The van der Waals surface area contributed by atoms with Crippen LogP contribution in [0.1, 0.15) is 34.4 Å². The third-order valence-corrected chi connectivity index (χ3v) is 8.73. The van der Waals surface area contributed by atoms with Crippen LogP contribution in [0.4, 0.5) is 0 Å². The van der Waals surface area contributed by atoms with Gasteiger partial charge in [0.2, 0.25) is 0 Å². The molecule has 0 atom stereocenters. The lowest BCUT2D eigenvalue weighted by atomic mass is 9.97. The van der Waals surface area contributed by atoms with Crippen LogP contribution in [0.3, 0.4) is 0 Å². The number of amides is 1. The van der Waals surface area contributed by atoms with Gasteiger partial charge < -0.3 is 0 Å². The van der Waals surface area contributed by atoms with Crippen molar-refractivity contribution in [3.63, 3.8) is 0 Å². The number of thiophene rings is 1. The SMILES string of the molecule is Cc1ccc(-n2c(SCC(=O)N/N=C\c3ccccc3Br)nc3sc4c(c3c2=O)CCCC4)cc1. The van der Waals surface area contributed by atoms with Crippen molar-refractivity contribution in [2.24, 2.45) is 5.10 Å². The molecule has 178 valence electrons. The largest absolute Gasteiger partial charge is 0.272 e. The van der Waals surface area contributed by atoms with Gasteiger partial charge in [0.05, 0.1) is 23.0 Å². The van der Waals surface area contributed by atoms with E-state index in [1.54, 1.807) is 22.1 Å². The van der Waals surface area contributed by atoms with Crippen LogP contribution in [0.2, 0.25) is 0 Å². The highest BCUT2D eigenvalue weighted by molar-refractivity contribution is 9.10. The first-order valence-electron chi connectivity index (χ1n) is 11.3. The lowest BCUT2D eigenvalue weighted by Crippen LogP contribution is -2.24. The molecule has 2 heterocycles. The van der Waals surface area contributed by atoms with Crippen LogP contribution < -0.4 is 11.0 Å². The number of hydrogen-bond acceptors (Lipinski definition) is 6. The maximum Gasteiger partial charge on any atom is 0.267 e. The fourth-order valence-corrected chi connectivity index (χ4v) is 6.62. The van der Waals surface area contributed by atoms with E-state index in [4.69, 9.17) is 4.98 Å². The van der Waals surface area contributed by atoms with E-state index < -0.39 is 0 Å². The Balaban J connectivity index is 1.44. The van der Waals surface area contributed by atoms with Crippen LogP contribution in [0.25, 0.3) is 15.9 Å². The normalized spacial score (nSPS) is 13.3. The van der Waals surface area contributed by atoms with Gasteiger partial charge in [0.25, 0.3) is 11.5 Å². The predicted molar refractivity (Wildman–Crippen MR) is 147 cm³/mol. The molecule has 0 radical (unpaired) electrons. The van der Waals surface area contributed by atoms with E-state index in [0.717, 1.165) is 62.8 Å². The monoisotopic (exact) mass is 566 g/mol. The maximum atomic E-state index is 13.8. The number of nitrogens with one attached hydrogen (secondary N) is 1. The first-order chi connectivity index (χ1) is 17.0.